The third kappa shape index (κ3) is 4.92. The van der Waals surface area contributed by atoms with Gasteiger partial charge in [-0.25, -0.2) is 0 Å². The molecule has 2 unspecified atom stereocenters. The largest absolute Gasteiger partial charge is 0.383 e. The molecule has 0 bridgehead atoms. The van der Waals surface area contributed by atoms with E-state index in [-0.39, 0.29) is 11.9 Å². The zero-order valence-corrected chi connectivity index (χ0v) is 12.6. The lowest BCUT2D eigenvalue weighted by Gasteiger charge is -2.37. The molecule has 0 spiro atoms. The van der Waals surface area contributed by atoms with Crippen LogP contribution in [-0.4, -0.2) is 55.7 Å². The van der Waals surface area contributed by atoms with Crippen LogP contribution in [0.25, 0.3) is 0 Å². The Bertz CT molecular complexity index is 259. The fraction of sp³-hybridized carbons (Fsp3) is 0.923. The summed E-state index contributed by atoms with van der Waals surface area (Å²) in [5, 5.41) is 3.03. The SMILES string of the molecule is CNC(C)(CC(C)N(CCOC)C(C)C)C(N)=O. The van der Waals surface area contributed by atoms with Gasteiger partial charge in [-0.15, -0.1) is 0 Å². The van der Waals surface area contributed by atoms with Gasteiger partial charge in [-0.2, -0.15) is 0 Å². The predicted octanol–water partition coefficient (Wildman–Crippen LogP) is 0.585. The average Bonchev–Trinajstić information content (AvgIpc) is 2.28. The molecular weight excluding hydrogens is 230 g/mol. The van der Waals surface area contributed by atoms with E-state index in [0.29, 0.717) is 19.1 Å². The van der Waals surface area contributed by atoms with E-state index >= 15 is 0 Å². The molecule has 0 fully saturated rings. The van der Waals surface area contributed by atoms with Crippen LogP contribution >= 0.6 is 0 Å². The van der Waals surface area contributed by atoms with Gasteiger partial charge in [0.05, 0.1) is 12.1 Å². The summed E-state index contributed by atoms with van der Waals surface area (Å²) in [5.74, 6) is -0.313. The van der Waals surface area contributed by atoms with Crippen molar-refractivity contribution in [3.63, 3.8) is 0 Å². The van der Waals surface area contributed by atoms with Crippen molar-refractivity contribution in [2.45, 2.75) is 51.7 Å². The molecule has 5 heteroatoms. The van der Waals surface area contributed by atoms with Gasteiger partial charge in [0.1, 0.15) is 0 Å². The van der Waals surface area contributed by atoms with E-state index < -0.39 is 5.54 Å². The molecule has 0 saturated heterocycles. The number of nitrogens with one attached hydrogen (secondary N) is 1. The van der Waals surface area contributed by atoms with Crippen molar-refractivity contribution in [2.75, 3.05) is 27.3 Å². The van der Waals surface area contributed by atoms with E-state index in [0.717, 1.165) is 6.54 Å². The molecular formula is C13H29N3O2. The van der Waals surface area contributed by atoms with Crippen molar-refractivity contribution in [1.82, 2.24) is 10.2 Å². The summed E-state index contributed by atoms with van der Waals surface area (Å²) in [7, 11) is 3.47. The van der Waals surface area contributed by atoms with Crippen LogP contribution in [0.5, 0.6) is 0 Å². The van der Waals surface area contributed by atoms with Crippen molar-refractivity contribution in [1.29, 1.82) is 0 Å². The Labute approximate surface area is 111 Å². The molecule has 0 aromatic rings. The van der Waals surface area contributed by atoms with Crippen molar-refractivity contribution in [3.8, 4) is 0 Å². The lowest BCUT2D eigenvalue weighted by atomic mass is 9.92. The van der Waals surface area contributed by atoms with Crippen LogP contribution < -0.4 is 11.1 Å². The molecule has 0 aliphatic rings. The average molecular weight is 259 g/mol. The Balaban J connectivity index is 4.67. The highest BCUT2D eigenvalue weighted by Gasteiger charge is 2.33. The molecule has 0 radical (unpaired) electrons. The highest BCUT2D eigenvalue weighted by Crippen LogP contribution is 2.17. The summed E-state index contributed by atoms with van der Waals surface area (Å²) in [5.41, 5.74) is 4.79. The molecule has 0 aromatic carbocycles. The zero-order valence-electron chi connectivity index (χ0n) is 12.6. The number of carbonyl (C=O) groups excluding carboxylic acids is 1. The number of amides is 1. The van der Waals surface area contributed by atoms with Crippen LogP contribution in [0, 0.1) is 0 Å². The second-order valence-corrected chi connectivity index (χ2v) is 5.32. The van der Waals surface area contributed by atoms with Crippen molar-refractivity contribution >= 4 is 5.91 Å². The zero-order chi connectivity index (χ0) is 14.3. The lowest BCUT2D eigenvalue weighted by Crippen LogP contribution is -2.56. The van der Waals surface area contributed by atoms with Crippen LogP contribution in [-0.2, 0) is 9.53 Å². The first-order valence-corrected chi connectivity index (χ1v) is 6.52. The minimum atomic E-state index is -0.667. The van der Waals surface area contributed by atoms with Gasteiger partial charge in [0.2, 0.25) is 5.91 Å². The van der Waals surface area contributed by atoms with E-state index in [1.807, 2.05) is 6.92 Å². The van der Waals surface area contributed by atoms with Gasteiger partial charge >= 0.3 is 0 Å². The second-order valence-electron chi connectivity index (χ2n) is 5.32. The smallest absolute Gasteiger partial charge is 0.237 e. The monoisotopic (exact) mass is 259 g/mol. The molecule has 18 heavy (non-hydrogen) atoms. The Morgan fingerprint density at radius 3 is 2.33 bits per heavy atom. The van der Waals surface area contributed by atoms with Crippen molar-refractivity contribution in [2.24, 2.45) is 5.73 Å². The summed E-state index contributed by atoms with van der Waals surface area (Å²) < 4.78 is 5.13. The van der Waals surface area contributed by atoms with Crippen molar-refractivity contribution < 1.29 is 9.53 Å². The number of hydrogen-bond donors (Lipinski definition) is 2. The van der Waals surface area contributed by atoms with E-state index in [1.165, 1.54) is 0 Å². The minimum absolute atomic E-state index is 0.255. The van der Waals surface area contributed by atoms with Gasteiger partial charge in [0, 0.05) is 25.7 Å². The normalized spacial score (nSPS) is 16.9. The number of carbonyl (C=O) groups is 1. The Morgan fingerprint density at radius 2 is 2.00 bits per heavy atom. The van der Waals surface area contributed by atoms with Gasteiger partial charge in [0.25, 0.3) is 0 Å². The number of rotatable bonds is 9. The number of ether oxygens (including phenoxy) is 1. The lowest BCUT2D eigenvalue weighted by molar-refractivity contribution is -0.124. The van der Waals surface area contributed by atoms with E-state index in [4.69, 9.17) is 10.5 Å². The third-order valence-corrected chi connectivity index (χ3v) is 3.58. The second kappa shape index (κ2) is 7.71. The quantitative estimate of drug-likeness (QED) is 0.636. The van der Waals surface area contributed by atoms with Crippen LogP contribution in [0.15, 0.2) is 0 Å². The first-order valence-electron chi connectivity index (χ1n) is 6.52. The number of nitrogens with zero attached hydrogens (tertiary/aromatic N) is 1. The molecule has 0 aromatic heterocycles. The van der Waals surface area contributed by atoms with Crippen LogP contribution in [0.2, 0.25) is 0 Å². The first-order chi connectivity index (χ1) is 8.28. The summed E-state index contributed by atoms with van der Waals surface area (Å²) in [6.07, 6.45) is 0.681. The highest BCUT2D eigenvalue weighted by molar-refractivity contribution is 5.84. The van der Waals surface area contributed by atoms with Gasteiger partial charge in [0.15, 0.2) is 0 Å². The molecule has 0 saturated carbocycles. The summed E-state index contributed by atoms with van der Waals surface area (Å²) in [6, 6.07) is 0.661. The van der Waals surface area contributed by atoms with Crippen LogP contribution in [0.3, 0.4) is 0 Å². The fourth-order valence-electron chi connectivity index (χ4n) is 2.22. The number of methoxy groups -OCH3 is 1. The van der Waals surface area contributed by atoms with E-state index in [1.54, 1.807) is 14.2 Å². The maximum Gasteiger partial charge on any atom is 0.237 e. The maximum atomic E-state index is 11.5. The van der Waals surface area contributed by atoms with E-state index in [9.17, 15) is 4.79 Å². The predicted molar refractivity (Wildman–Crippen MR) is 74.5 cm³/mol. The van der Waals surface area contributed by atoms with E-state index in [2.05, 4.69) is 31.0 Å². The molecule has 0 aliphatic carbocycles. The third-order valence-electron chi connectivity index (χ3n) is 3.58. The Kier molecular flexibility index (Phi) is 7.43. The van der Waals surface area contributed by atoms with Crippen LogP contribution in [0.1, 0.15) is 34.1 Å². The summed E-state index contributed by atoms with van der Waals surface area (Å²) in [4.78, 5) is 13.8. The molecule has 3 N–H and O–H groups in total. The number of hydrogen-bond acceptors (Lipinski definition) is 4. The molecule has 2 atom stereocenters. The fourth-order valence-corrected chi connectivity index (χ4v) is 2.22. The topological polar surface area (TPSA) is 67.6 Å². The summed E-state index contributed by atoms with van der Waals surface area (Å²) >= 11 is 0. The molecule has 5 nitrogen and oxygen atoms in total. The van der Waals surface area contributed by atoms with Gasteiger partial charge in [-0.3, -0.25) is 9.69 Å². The Morgan fingerprint density at radius 1 is 1.44 bits per heavy atom. The number of likely N-dealkylation sites (N-methyl/N-ethyl adjacent to an activating group) is 1. The van der Waals surface area contributed by atoms with Gasteiger partial charge in [-0.05, 0) is 41.2 Å². The minimum Gasteiger partial charge on any atom is -0.383 e. The van der Waals surface area contributed by atoms with Gasteiger partial charge < -0.3 is 15.8 Å². The molecule has 0 rings (SSSR count). The molecule has 0 aliphatic heterocycles. The Hall–Kier alpha value is -0.650. The van der Waals surface area contributed by atoms with Crippen LogP contribution in [0.4, 0.5) is 0 Å². The summed E-state index contributed by atoms with van der Waals surface area (Å²) in [6.45, 7) is 9.80. The molecule has 108 valence electrons. The maximum absolute atomic E-state index is 11.5. The first kappa shape index (κ1) is 17.4. The van der Waals surface area contributed by atoms with Crippen molar-refractivity contribution in [3.05, 3.63) is 0 Å². The molecule has 1 amide bonds. The molecule has 0 heterocycles. The highest BCUT2D eigenvalue weighted by atomic mass is 16.5. The van der Waals surface area contributed by atoms with Gasteiger partial charge in [-0.1, -0.05) is 0 Å². The number of nitrogens with two attached hydrogens (primary N) is 1. The number of primary amides is 1. The standard InChI is InChI=1S/C13H29N3O2/c1-10(2)16(7-8-18-6)11(3)9-13(4,15-5)12(14)17/h10-11,15H,7-9H2,1-6H3,(H2,14,17).